The Morgan fingerprint density at radius 2 is 2.24 bits per heavy atom. The number of imidazole rings is 1. The van der Waals surface area contributed by atoms with Crippen molar-refractivity contribution in [3.8, 4) is 0 Å². The summed E-state index contributed by atoms with van der Waals surface area (Å²) >= 11 is 5.83. The number of aryl methyl sites for hydroxylation is 2. The Balaban J connectivity index is 2.37. The maximum atomic E-state index is 5.83. The SMILES string of the molecule is CC(C)CCn1c(CCCl)nc2cnccc21. The van der Waals surface area contributed by atoms with E-state index in [9.17, 15) is 0 Å². The van der Waals surface area contributed by atoms with Crippen LogP contribution in [0.4, 0.5) is 0 Å². The van der Waals surface area contributed by atoms with Gasteiger partial charge in [-0.3, -0.25) is 4.98 Å². The van der Waals surface area contributed by atoms with Crippen LogP contribution in [-0.2, 0) is 13.0 Å². The van der Waals surface area contributed by atoms with Crippen LogP contribution in [0.15, 0.2) is 18.5 Å². The summed E-state index contributed by atoms with van der Waals surface area (Å²) in [4.78, 5) is 8.71. The molecule has 2 aromatic rings. The summed E-state index contributed by atoms with van der Waals surface area (Å²) in [7, 11) is 0. The monoisotopic (exact) mass is 251 g/mol. The van der Waals surface area contributed by atoms with E-state index in [1.807, 2.05) is 18.5 Å². The van der Waals surface area contributed by atoms with Gasteiger partial charge in [0.2, 0.25) is 0 Å². The van der Waals surface area contributed by atoms with Gasteiger partial charge in [-0.15, -0.1) is 11.6 Å². The third-order valence-corrected chi connectivity index (χ3v) is 3.07. The minimum Gasteiger partial charge on any atom is -0.328 e. The van der Waals surface area contributed by atoms with Gasteiger partial charge in [-0.25, -0.2) is 4.98 Å². The maximum Gasteiger partial charge on any atom is 0.111 e. The normalized spacial score (nSPS) is 11.5. The van der Waals surface area contributed by atoms with Crippen LogP contribution in [0.5, 0.6) is 0 Å². The molecule has 0 N–H and O–H groups in total. The molecular weight excluding hydrogens is 234 g/mol. The number of hydrogen-bond donors (Lipinski definition) is 0. The van der Waals surface area contributed by atoms with Crippen LogP contribution in [-0.4, -0.2) is 20.4 Å². The zero-order valence-corrected chi connectivity index (χ0v) is 11.1. The summed E-state index contributed by atoms with van der Waals surface area (Å²) in [5.74, 6) is 2.38. The summed E-state index contributed by atoms with van der Waals surface area (Å²) in [6, 6.07) is 2.03. The van der Waals surface area contributed by atoms with Gasteiger partial charge in [0, 0.05) is 25.0 Å². The van der Waals surface area contributed by atoms with E-state index >= 15 is 0 Å². The molecule has 0 aliphatic carbocycles. The number of alkyl halides is 1. The summed E-state index contributed by atoms with van der Waals surface area (Å²) in [5, 5.41) is 0. The van der Waals surface area contributed by atoms with Gasteiger partial charge in [-0.2, -0.15) is 0 Å². The molecule has 2 rings (SSSR count). The molecule has 0 aromatic carbocycles. The smallest absolute Gasteiger partial charge is 0.111 e. The van der Waals surface area contributed by atoms with E-state index in [1.165, 1.54) is 5.52 Å². The number of halogens is 1. The first-order valence-corrected chi connectivity index (χ1v) is 6.61. The van der Waals surface area contributed by atoms with Crippen LogP contribution in [0.3, 0.4) is 0 Å². The third kappa shape index (κ3) is 2.78. The predicted octanol–water partition coefficient (Wildman–Crippen LogP) is 3.26. The molecule has 4 heteroatoms. The Hall–Kier alpha value is -1.09. The molecule has 0 unspecified atom stereocenters. The van der Waals surface area contributed by atoms with Crippen molar-refractivity contribution in [3.05, 3.63) is 24.3 Å². The highest BCUT2D eigenvalue weighted by atomic mass is 35.5. The Morgan fingerprint density at radius 1 is 1.41 bits per heavy atom. The zero-order chi connectivity index (χ0) is 12.3. The van der Waals surface area contributed by atoms with Crippen LogP contribution in [0, 0.1) is 5.92 Å². The highest BCUT2D eigenvalue weighted by molar-refractivity contribution is 6.17. The fourth-order valence-electron chi connectivity index (χ4n) is 1.94. The lowest BCUT2D eigenvalue weighted by Crippen LogP contribution is -2.06. The fraction of sp³-hybridized carbons (Fsp3) is 0.538. The van der Waals surface area contributed by atoms with Gasteiger partial charge in [0.05, 0.1) is 11.7 Å². The Bertz CT molecular complexity index is 490. The second kappa shape index (κ2) is 5.50. The van der Waals surface area contributed by atoms with E-state index in [4.69, 9.17) is 11.6 Å². The number of fused-ring (bicyclic) bond motifs is 1. The molecular formula is C13H18ClN3. The van der Waals surface area contributed by atoms with E-state index in [0.29, 0.717) is 11.8 Å². The molecule has 0 amide bonds. The first-order valence-electron chi connectivity index (χ1n) is 6.07. The summed E-state index contributed by atoms with van der Waals surface area (Å²) in [5.41, 5.74) is 2.14. The van der Waals surface area contributed by atoms with Crippen molar-refractivity contribution >= 4 is 22.6 Å². The van der Waals surface area contributed by atoms with E-state index < -0.39 is 0 Å². The first kappa shape index (κ1) is 12.4. The lowest BCUT2D eigenvalue weighted by atomic mass is 10.1. The molecule has 3 nitrogen and oxygen atoms in total. The number of rotatable bonds is 5. The molecule has 0 aliphatic heterocycles. The molecule has 0 aliphatic rings. The summed E-state index contributed by atoms with van der Waals surface area (Å²) < 4.78 is 2.28. The fourth-order valence-corrected chi connectivity index (χ4v) is 2.11. The molecule has 0 bridgehead atoms. The van der Waals surface area contributed by atoms with Crippen molar-refractivity contribution < 1.29 is 0 Å². The van der Waals surface area contributed by atoms with Crippen molar-refractivity contribution in [2.75, 3.05) is 5.88 Å². The average molecular weight is 252 g/mol. The Morgan fingerprint density at radius 3 is 2.94 bits per heavy atom. The molecule has 0 fully saturated rings. The topological polar surface area (TPSA) is 30.7 Å². The average Bonchev–Trinajstić information content (AvgIpc) is 2.64. The first-order chi connectivity index (χ1) is 8.22. The highest BCUT2D eigenvalue weighted by Gasteiger charge is 2.10. The Labute approximate surface area is 107 Å². The highest BCUT2D eigenvalue weighted by Crippen LogP contribution is 2.17. The molecule has 0 saturated heterocycles. The number of nitrogens with zero attached hydrogens (tertiary/aromatic N) is 3. The molecule has 0 radical (unpaired) electrons. The Kier molecular flexibility index (Phi) is 4.00. The number of pyridine rings is 1. The molecule has 92 valence electrons. The van der Waals surface area contributed by atoms with Gasteiger partial charge in [0.1, 0.15) is 11.3 Å². The van der Waals surface area contributed by atoms with Gasteiger partial charge in [0.25, 0.3) is 0 Å². The van der Waals surface area contributed by atoms with Crippen molar-refractivity contribution in [3.63, 3.8) is 0 Å². The van der Waals surface area contributed by atoms with Crippen LogP contribution in [0.25, 0.3) is 11.0 Å². The lowest BCUT2D eigenvalue weighted by Gasteiger charge is -2.10. The molecule has 2 aromatic heterocycles. The second-order valence-electron chi connectivity index (χ2n) is 4.67. The van der Waals surface area contributed by atoms with Crippen LogP contribution < -0.4 is 0 Å². The molecule has 0 spiro atoms. The minimum absolute atomic E-state index is 0.610. The largest absolute Gasteiger partial charge is 0.328 e. The van der Waals surface area contributed by atoms with E-state index in [-0.39, 0.29) is 0 Å². The molecule has 17 heavy (non-hydrogen) atoms. The van der Waals surface area contributed by atoms with Crippen molar-refractivity contribution in [2.45, 2.75) is 33.2 Å². The minimum atomic E-state index is 0.610. The van der Waals surface area contributed by atoms with E-state index in [2.05, 4.69) is 28.4 Å². The van der Waals surface area contributed by atoms with Crippen LogP contribution in [0.2, 0.25) is 0 Å². The quantitative estimate of drug-likeness (QED) is 0.764. The van der Waals surface area contributed by atoms with Crippen molar-refractivity contribution in [1.82, 2.24) is 14.5 Å². The van der Waals surface area contributed by atoms with E-state index in [1.54, 1.807) is 0 Å². The molecule has 0 atom stereocenters. The van der Waals surface area contributed by atoms with Gasteiger partial charge < -0.3 is 4.57 Å². The second-order valence-corrected chi connectivity index (χ2v) is 5.04. The standard InChI is InChI=1S/C13H18ClN3/c1-10(2)5-8-17-12-4-7-15-9-11(12)16-13(17)3-6-14/h4,7,9-10H,3,5-6,8H2,1-2H3. The number of aromatic nitrogens is 3. The van der Waals surface area contributed by atoms with Crippen LogP contribution >= 0.6 is 11.6 Å². The lowest BCUT2D eigenvalue weighted by molar-refractivity contribution is 0.513. The third-order valence-electron chi connectivity index (χ3n) is 2.88. The van der Waals surface area contributed by atoms with E-state index in [0.717, 1.165) is 30.7 Å². The van der Waals surface area contributed by atoms with Crippen molar-refractivity contribution in [2.24, 2.45) is 5.92 Å². The van der Waals surface area contributed by atoms with Gasteiger partial charge in [0.15, 0.2) is 0 Å². The van der Waals surface area contributed by atoms with Gasteiger partial charge in [-0.1, -0.05) is 13.8 Å². The summed E-state index contributed by atoms with van der Waals surface area (Å²) in [6.45, 7) is 5.48. The molecule has 2 heterocycles. The predicted molar refractivity (Wildman–Crippen MR) is 71.4 cm³/mol. The van der Waals surface area contributed by atoms with Gasteiger partial charge in [-0.05, 0) is 18.4 Å². The zero-order valence-electron chi connectivity index (χ0n) is 10.4. The van der Waals surface area contributed by atoms with Gasteiger partial charge >= 0.3 is 0 Å². The molecule has 0 saturated carbocycles. The van der Waals surface area contributed by atoms with Crippen LogP contribution in [0.1, 0.15) is 26.1 Å². The maximum absolute atomic E-state index is 5.83. The number of hydrogen-bond acceptors (Lipinski definition) is 2. The summed E-state index contributed by atoms with van der Waals surface area (Å²) in [6.07, 6.45) is 5.61. The van der Waals surface area contributed by atoms with Crippen molar-refractivity contribution in [1.29, 1.82) is 0 Å².